The van der Waals surface area contributed by atoms with E-state index in [4.69, 9.17) is 9.72 Å². The molecule has 3 fully saturated rings. The van der Waals surface area contributed by atoms with Crippen molar-refractivity contribution in [1.82, 2.24) is 34.5 Å². The van der Waals surface area contributed by atoms with Crippen LogP contribution in [0, 0.1) is 0 Å². The number of ether oxygens (including phenoxy) is 1. The van der Waals surface area contributed by atoms with Gasteiger partial charge in [-0.2, -0.15) is 23.3 Å². The Balaban J connectivity index is 1.06. The topological polar surface area (TPSA) is 134 Å². The van der Waals surface area contributed by atoms with Crippen LogP contribution in [0.4, 0.5) is 42.0 Å². The Bertz CT molecular complexity index is 2350. The number of pyridine rings is 1. The minimum atomic E-state index is -4.85. The van der Waals surface area contributed by atoms with Crippen molar-refractivity contribution in [3.05, 3.63) is 65.7 Å². The highest BCUT2D eigenvalue weighted by atomic mass is 79.9. The van der Waals surface area contributed by atoms with E-state index >= 15 is 0 Å². The molecule has 2 aliphatic heterocycles. The van der Waals surface area contributed by atoms with Crippen LogP contribution in [0.25, 0.3) is 22.0 Å². The molecule has 0 spiro atoms. The van der Waals surface area contributed by atoms with Crippen LogP contribution in [0.5, 0.6) is 5.75 Å². The maximum Gasteiger partial charge on any atom is 0.471 e. The average molecular weight is 868 g/mol. The van der Waals surface area contributed by atoms with E-state index in [0.717, 1.165) is 71.4 Å². The Morgan fingerprint density at radius 3 is 2.33 bits per heavy atom. The fourth-order valence-corrected chi connectivity index (χ4v) is 9.44. The predicted molar refractivity (Wildman–Crippen MR) is 219 cm³/mol. The lowest BCUT2D eigenvalue weighted by molar-refractivity contribution is -0.187. The second kappa shape index (κ2) is 15.6. The highest BCUT2D eigenvalue weighted by molar-refractivity contribution is 9.10. The van der Waals surface area contributed by atoms with Crippen LogP contribution in [0.15, 0.2) is 65.7 Å². The number of anilines is 5. The maximum atomic E-state index is 13.6. The standard InChI is InChI=1S/C39H43BrF3N10O3P/c1-50-23-24(20-46-50)28-18-31(48-38-45-21-29(40)36(49-38)47-32-22-44-30-7-5-4-6-27(30)35(32)57(2,3)55)34(56-26-8-9-26)19-33(28)52-12-10-25(11-13-52)51-14-16-53(17-15-51)37(54)39(41,42)43/h4-7,18-23,25-26H,8-17H2,1-3H3,(H2,45,47,48,49). The molecule has 13 nitrogen and oxygen atoms in total. The van der Waals surface area contributed by atoms with E-state index in [2.05, 4.69) is 57.5 Å². The Labute approximate surface area is 336 Å². The number of benzene rings is 2. The van der Waals surface area contributed by atoms with Crippen LogP contribution >= 0.6 is 23.1 Å². The highest BCUT2D eigenvalue weighted by Gasteiger charge is 2.43. The maximum absolute atomic E-state index is 13.6. The van der Waals surface area contributed by atoms with Crippen LogP contribution in [-0.2, 0) is 16.4 Å². The van der Waals surface area contributed by atoms with E-state index in [9.17, 15) is 22.5 Å². The van der Waals surface area contributed by atoms with Gasteiger partial charge in [-0.05, 0) is 67.1 Å². The first-order chi connectivity index (χ1) is 27.2. The van der Waals surface area contributed by atoms with Crippen molar-refractivity contribution in [2.24, 2.45) is 7.05 Å². The van der Waals surface area contributed by atoms with Crippen molar-refractivity contribution in [2.45, 2.75) is 44.0 Å². The summed E-state index contributed by atoms with van der Waals surface area (Å²) in [5.74, 6) is -0.323. The van der Waals surface area contributed by atoms with Gasteiger partial charge in [-0.3, -0.25) is 19.4 Å². The van der Waals surface area contributed by atoms with Gasteiger partial charge in [-0.15, -0.1) is 0 Å². The fourth-order valence-electron chi connectivity index (χ4n) is 7.69. The molecule has 0 atom stereocenters. The molecule has 5 heterocycles. The second-order valence-electron chi connectivity index (χ2n) is 15.2. The molecule has 0 unspecified atom stereocenters. The first kappa shape index (κ1) is 39.1. The first-order valence-electron chi connectivity index (χ1n) is 18.9. The van der Waals surface area contributed by atoms with Gasteiger partial charge < -0.3 is 29.7 Å². The van der Waals surface area contributed by atoms with Crippen LogP contribution in [0.1, 0.15) is 25.7 Å². The van der Waals surface area contributed by atoms with Gasteiger partial charge in [0.25, 0.3) is 0 Å². The molecular formula is C39H43BrF3N10O3P. The van der Waals surface area contributed by atoms with Gasteiger partial charge in [-0.25, -0.2) is 4.98 Å². The number of amides is 1. The number of aromatic nitrogens is 5. The molecule has 3 aromatic heterocycles. The van der Waals surface area contributed by atoms with Gasteiger partial charge in [0.1, 0.15) is 18.7 Å². The fraction of sp³-hybridized carbons (Fsp3) is 0.410. The Morgan fingerprint density at radius 1 is 0.930 bits per heavy atom. The van der Waals surface area contributed by atoms with Gasteiger partial charge in [-0.1, -0.05) is 18.2 Å². The summed E-state index contributed by atoms with van der Waals surface area (Å²) in [6.45, 7) is 5.92. The summed E-state index contributed by atoms with van der Waals surface area (Å²) in [7, 11) is -0.887. The van der Waals surface area contributed by atoms with Crippen LogP contribution < -0.4 is 25.6 Å². The number of halogens is 4. The van der Waals surface area contributed by atoms with Crippen LogP contribution in [-0.4, -0.2) is 111 Å². The first-order valence-corrected chi connectivity index (χ1v) is 22.3. The monoisotopic (exact) mass is 866 g/mol. The number of nitrogens with zero attached hydrogens (tertiary/aromatic N) is 8. The molecular weight excluding hydrogens is 824 g/mol. The van der Waals surface area contributed by atoms with Gasteiger partial charge in [0.15, 0.2) is 0 Å². The SMILES string of the molecule is Cn1cc(-c2cc(Nc3ncc(Br)c(Nc4cnc5ccccc5c4P(C)(C)=O)n3)c(OC3CC3)cc2N2CCC(N3CCN(C(=O)C(F)(F)F)CC3)CC2)cn1. The molecule has 1 saturated carbocycles. The van der Waals surface area contributed by atoms with Gasteiger partial charge in [0, 0.05) is 98.3 Å². The van der Waals surface area contributed by atoms with Crippen molar-refractivity contribution in [2.75, 3.05) is 68.1 Å². The molecule has 2 aromatic carbocycles. The zero-order valence-corrected chi connectivity index (χ0v) is 34.2. The van der Waals surface area contributed by atoms with Crippen molar-refractivity contribution in [1.29, 1.82) is 0 Å². The zero-order valence-electron chi connectivity index (χ0n) is 31.8. The van der Waals surface area contributed by atoms with E-state index in [1.807, 2.05) is 49.8 Å². The largest absolute Gasteiger partial charge is 0.488 e. The normalized spacial score (nSPS) is 17.2. The van der Waals surface area contributed by atoms with Crippen molar-refractivity contribution in [3.63, 3.8) is 0 Å². The third-order valence-electron chi connectivity index (χ3n) is 10.6. The summed E-state index contributed by atoms with van der Waals surface area (Å²) >= 11 is 3.59. The van der Waals surface area contributed by atoms with E-state index in [1.54, 1.807) is 30.4 Å². The molecule has 2 N–H and O–H groups in total. The molecule has 0 bridgehead atoms. The lowest BCUT2D eigenvalue weighted by atomic mass is 9.98. The Morgan fingerprint density at radius 2 is 1.67 bits per heavy atom. The summed E-state index contributed by atoms with van der Waals surface area (Å²) in [5, 5.41) is 12.8. The second-order valence-corrected chi connectivity index (χ2v) is 19.2. The van der Waals surface area contributed by atoms with E-state index in [1.165, 1.54) is 0 Å². The van der Waals surface area contributed by atoms with Gasteiger partial charge in [0.05, 0.1) is 39.9 Å². The molecule has 0 radical (unpaired) electrons. The van der Waals surface area contributed by atoms with Crippen LogP contribution in [0.3, 0.4) is 0 Å². The molecule has 1 aliphatic carbocycles. The lowest BCUT2D eigenvalue weighted by Crippen LogP contribution is -2.56. The molecule has 2 saturated heterocycles. The van der Waals surface area contributed by atoms with Crippen molar-refractivity contribution < 1.29 is 27.3 Å². The summed E-state index contributed by atoms with van der Waals surface area (Å²) in [5.41, 5.74) is 4.87. The van der Waals surface area contributed by atoms with E-state index in [0.29, 0.717) is 51.8 Å². The molecule has 5 aromatic rings. The van der Waals surface area contributed by atoms with Crippen molar-refractivity contribution >= 4 is 74.0 Å². The molecule has 57 heavy (non-hydrogen) atoms. The summed E-state index contributed by atoms with van der Waals surface area (Å²) in [4.78, 5) is 31.3. The third kappa shape index (κ3) is 8.60. The van der Waals surface area contributed by atoms with E-state index < -0.39 is 19.2 Å². The number of piperidine rings is 1. The lowest BCUT2D eigenvalue weighted by Gasteiger charge is -2.43. The number of nitrogens with one attached hydrogen (secondary N) is 2. The third-order valence-corrected chi connectivity index (χ3v) is 12.8. The summed E-state index contributed by atoms with van der Waals surface area (Å²) in [6, 6.07) is 11.9. The number of carbonyl (C=O) groups is 1. The number of piperazine rings is 1. The van der Waals surface area contributed by atoms with E-state index in [-0.39, 0.29) is 25.2 Å². The minimum absolute atomic E-state index is 0.0704. The molecule has 3 aliphatic rings. The summed E-state index contributed by atoms with van der Waals surface area (Å²) in [6.07, 6.45) is 5.92. The number of hydrogen-bond acceptors (Lipinski definition) is 11. The van der Waals surface area contributed by atoms with Gasteiger partial charge >= 0.3 is 12.1 Å². The number of fused-ring (bicyclic) bond motifs is 1. The van der Waals surface area contributed by atoms with Gasteiger partial charge in [0.2, 0.25) is 5.95 Å². The molecule has 8 rings (SSSR count). The van der Waals surface area contributed by atoms with Crippen LogP contribution in [0.2, 0.25) is 0 Å². The number of alkyl halides is 3. The number of para-hydroxylation sites is 1. The quantitative estimate of drug-likeness (QED) is 0.139. The zero-order chi connectivity index (χ0) is 40.1. The predicted octanol–water partition coefficient (Wildman–Crippen LogP) is 7.14. The molecule has 300 valence electrons. The number of aryl methyl sites for hydroxylation is 1. The number of carbonyl (C=O) groups excluding carboxylic acids is 1. The Kier molecular flexibility index (Phi) is 10.7. The minimum Gasteiger partial charge on any atom is -0.488 e. The highest BCUT2D eigenvalue weighted by Crippen LogP contribution is 2.44. The average Bonchev–Trinajstić information content (AvgIpc) is 3.90. The molecule has 18 heteroatoms. The number of hydrogen-bond donors (Lipinski definition) is 2. The van der Waals surface area contributed by atoms with Crippen molar-refractivity contribution in [3.8, 4) is 16.9 Å². The molecule has 1 amide bonds. The Hall–Kier alpha value is -4.73. The smallest absolute Gasteiger partial charge is 0.471 e. The summed E-state index contributed by atoms with van der Waals surface area (Å²) < 4.78 is 61.6. The number of rotatable bonds is 10.